The zero-order valence-corrected chi connectivity index (χ0v) is 23.6. The molecule has 7 nitrogen and oxygen atoms in total. The summed E-state index contributed by atoms with van der Waals surface area (Å²) in [6.07, 6.45) is -3.76. The summed E-state index contributed by atoms with van der Waals surface area (Å²) in [7, 11) is 5.73. The number of pyridine rings is 1. The minimum Gasteiger partial charge on any atom is -0.307 e. The SMILES string of the molecule is C=Nc1ccccc1N(C)C#Cc1cc(C(=O)Nc2ccc(CN3CC[C@@H](N(C)C)C3)c(C(F)(F)F)n2)ccc1C. The van der Waals surface area contributed by atoms with E-state index in [1.54, 1.807) is 30.1 Å². The number of anilines is 2. The number of hydrogen-bond donors (Lipinski definition) is 1. The van der Waals surface area contributed by atoms with E-state index in [-0.39, 0.29) is 23.5 Å². The molecule has 3 aromatic rings. The van der Waals surface area contributed by atoms with E-state index < -0.39 is 17.8 Å². The van der Waals surface area contributed by atoms with Gasteiger partial charge in [0.05, 0.1) is 11.4 Å². The van der Waals surface area contributed by atoms with Crippen molar-refractivity contribution in [1.29, 1.82) is 0 Å². The van der Waals surface area contributed by atoms with Gasteiger partial charge in [0.2, 0.25) is 0 Å². The number of benzene rings is 2. The number of carbonyl (C=O) groups is 1. The van der Waals surface area contributed by atoms with E-state index in [0.29, 0.717) is 30.4 Å². The van der Waals surface area contributed by atoms with Crippen molar-refractivity contribution in [1.82, 2.24) is 14.8 Å². The standard InChI is InChI=1S/C31H33F3N6O/c1-21-10-11-23(18-22(21)14-16-39(5)27-9-7-6-8-26(27)35-2)30(41)37-28-13-12-24(29(36-28)31(32,33)34)19-40-17-15-25(20-40)38(3)4/h6-13,18,25H,2,15,17,19-20H2,1,3-5H3,(H,36,37,41)/t25-/m1/s1. The Labute approximate surface area is 238 Å². The number of hydrogen-bond acceptors (Lipinski definition) is 6. The van der Waals surface area contributed by atoms with Gasteiger partial charge in [-0.15, -0.1) is 0 Å². The molecule has 0 saturated carbocycles. The van der Waals surface area contributed by atoms with Crippen molar-refractivity contribution in [2.24, 2.45) is 4.99 Å². The quantitative estimate of drug-likeness (QED) is 0.232. The van der Waals surface area contributed by atoms with E-state index in [1.807, 2.05) is 50.2 Å². The number of nitrogens with zero attached hydrogens (tertiary/aromatic N) is 5. The van der Waals surface area contributed by atoms with Crippen molar-refractivity contribution in [3.63, 3.8) is 0 Å². The molecule has 1 saturated heterocycles. The van der Waals surface area contributed by atoms with Crippen LogP contribution in [0.4, 0.5) is 30.4 Å². The van der Waals surface area contributed by atoms with E-state index in [0.717, 1.165) is 17.7 Å². The largest absolute Gasteiger partial charge is 0.433 e. The van der Waals surface area contributed by atoms with Crippen LogP contribution in [0, 0.1) is 18.9 Å². The molecule has 2 aromatic carbocycles. The first kappa shape index (κ1) is 29.8. The zero-order valence-electron chi connectivity index (χ0n) is 23.6. The Balaban J connectivity index is 1.52. The third kappa shape index (κ3) is 7.31. The number of amides is 1. The Morgan fingerprint density at radius 3 is 2.61 bits per heavy atom. The molecular weight excluding hydrogens is 529 g/mol. The monoisotopic (exact) mass is 562 g/mol. The first-order chi connectivity index (χ1) is 19.5. The Morgan fingerprint density at radius 2 is 1.93 bits per heavy atom. The smallest absolute Gasteiger partial charge is 0.307 e. The molecule has 214 valence electrons. The molecule has 0 spiro atoms. The fraction of sp³-hybridized carbons (Fsp3) is 0.323. The normalized spacial score (nSPS) is 15.4. The fourth-order valence-corrected chi connectivity index (χ4v) is 4.72. The molecule has 1 atom stereocenters. The molecule has 10 heteroatoms. The first-order valence-corrected chi connectivity index (χ1v) is 13.1. The van der Waals surface area contributed by atoms with Crippen molar-refractivity contribution in [2.45, 2.75) is 32.1 Å². The number of alkyl halides is 3. The summed E-state index contributed by atoms with van der Waals surface area (Å²) in [6, 6.07) is 18.5. The molecule has 1 N–H and O–H groups in total. The maximum atomic E-state index is 14.0. The third-order valence-corrected chi connectivity index (χ3v) is 7.13. The molecule has 2 heterocycles. The van der Waals surface area contributed by atoms with Crippen LogP contribution in [0.1, 0.15) is 39.2 Å². The molecule has 1 aliphatic rings. The van der Waals surface area contributed by atoms with Crippen molar-refractivity contribution in [3.8, 4) is 12.0 Å². The van der Waals surface area contributed by atoms with E-state index >= 15 is 0 Å². The van der Waals surface area contributed by atoms with Gasteiger partial charge < -0.3 is 15.1 Å². The average Bonchev–Trinajstić information content (AvgIpc) is 3.41. The van der Waals surface area contributed by atoms with Gasteiger partial charge in [0.1, 0.15) is 5.82 Å². The Morgan fingerprint density at radius 1 is 1.17 bits per heavy atom. The maximum Gasteiger partial charge on any atom is 0.433 e. The summed E-state index contributed by atoms with van der Waals surface area (Å²) in [4.78, 5) is 26.6. The molecule has 41 heavy (non-hydrogen) atoms. The number of aromatic nitrogens is 1. The van der Waals surface area contributed by atoms with Crippen LogP contribution < -0.4 is 10.2 Å². The average molecular weight is 563 g/mol. The molecule has 1 aromatic heterocycles. The van der Waals surface area contributed by atoms with Crippen LogP contribution >= 0.6 is 0 Å². The second-order valence-corrected chi connectivity index (χ2v) is 10.3. The number of para-hydroxylation sites is 2. The van der Waals surface area contributed by atoms with Crippen LogP contribution in [0.3, 0.4) is 0 Å². The first-order valence-electron chi connectivity index (χ1n) is 13.1. The number of rotatable bonds is 7. The molecule has 0 radical (unpaired) electrons. The molecular formula is C31H33F3N6O. The number of halogens is 3. The van der Waals surface area contributed by atoms with E-state index in [9.17, 15) is 18.0 Å². The third-order valence-electron chi connectivity index (χ3n) is 7.13. The van der Waals surface area contributed by atoms with Crippen molar-refractivity contribution < 1.29 is 18.0 Å². The zero-order chi connectivity index (χ0) is 29.7. The van der Waals surface area contributed by atoms with Crippen LogP contribution in [-0.2, 0) is 12.7 Å². The Bertz CT molecular complexity index is 1490. The highest BCUT2D eigenvalue weighted by Gasteiger charge is 2.37. The Kier molecular flexibility index (Phi) is 9.11. The highest BCUT2D eigenvalue weighted by Crippen LogP contribution is 2.33. The highest BCUT2D eigenvalue weighted by atomic mass is 19.4. The maximum absolute atomic E-state index is 14.0. The van der Waals surface area contributed by atoms with Crippen LogP contribution in [-0.4, -0.2) is 67.7 Å². The molecule has 1 fully saturated rings. The summed E-state index contributed by atoms with van der Waals surface area (Å²) < 4.78 is 41.9. The van der Waals surface area contributed by atoms with Crippen molar-refractivity contribution in [3.05, 3.63) is 82.5 Å². The minimum atomic E-state index is -4.66. The van der Waals surface area contributed by atoms with Crippen LogP contribution in [0.2, 0.25) is 0 Å². The Hall–Kier alpha value is -4.20. The fourth-order valence-electron chi connectivity index (χ4n) is 4.72. The molecule has 1 amide bonds. The van der Waals surface area contributed by atoms with Crippen LogP contribution in [0.25, 0.3) is 0 Å². The lowest BCUT2D eigenvalue weighted by Gasteiger charge is -2.22. The summed E-state index contributed by atoms with van der Waals surface area (Å²) in [5.41, 5.74) is 2.26. The van der Waals surface area contributed by atoms with Gasteiger partial charge in [0.15, 0.2) is 5.69 Å². The van der Waals surface area contributed by atoms with E-state index in [4.69, 9.17) is 0 Å². The van der Waals surface area contributed by atoms with Gasteiger partial charge in [-0.3, -0.25) is 14.7 Å². The van der Waals surface area contributed by atoms with Gasteiger partial charge in [0.25, 0.3) is 5.91 Å². The number of aryl methyl sites for hydroxylation is 1. The summed E-state index contributed by atoms with van der Waals surface area (Å²) in [6.45, 7) is 6.99. The minimum absolute atomic E-state index is 0.0835. The second-order valence-electron chi connectivity index (χ2n) is 10.3. The van der Waals surface area contributed by atoms with Crippen molar-refractivity contribution in [2.75, 3.05) is 44.4 Å². The number of carbonyl (C=O) groups excluding carboxylic acids is 1. The number of likely N-dealkylation sites (tertiary alicyclic amines) is 1. The number of nitrogens with one attached hydrogen (secondary N) is 1. The lowest BCUT2D eigenvalue weighted by atomic mass is 10.0. The van der Waals surface area contributed by atoms with E-state index in [2.05, 4.69) is 38.9 Å². The molecule has 4 rings (SSSR count). The topological polar surface area (TPSA) is 64.1 Å². The highest BCUT2D eigenvalue weighted by molar-refractivity contribution is 6.04. The summed E-state index contributed by atoms with van der Waals surface area (Å²) in [5.74, 6) is 2.32. The van der Waals surface area contributed by atoms with Gasteiger partial charge in [-0.1, -0.05) is 24.3 Å². The van der Waals surface area contributed by atoms with Gasteiger partial charge in [-0.25, -0.2) is 4.98 Å². The van der Waals surface area contributed by atoms with Gasteiger partial charge in [-0.2, -0.15) is 13.2 Å². The second kappa shape index (κ2) is 12.5. The molecule has 1 aliphatic heterocycles. The molecule has 0 bridgehead atoms. The lowest BCUT2D eigenvalue weighted by Crippen LogP contribution is -2.31. The van der Waals surface area contributed by atoms with Gasteiger partial charge in [-0.05, 0) is 81.5 Å². The molecule has 0 aliphatic carbocycles. The summed E-state index contributed by atoms with van der Waals surface area (Å²) >= 11 is 0. The number of likely N-dealkylation sites (N-methyl/N-ethyl adjacent to an activating group) is 1. The predicted octanol–water partition coefficient (Wildman–Crippen LogP) is 5.57. The van der Waals surface area contributed by atoms with E-state index in [1.165, 1.54) is 12.1 Å². The predicted molar refractivity (Wildman–Crippen MR) is 157 cm³/mol. The van der Waals surface area contributed by atoms with Gasteiger partial charge >= 0.3 is 6.18 Å². The van der Waals surface area contributed by atoms with Crippen LogP contribution in [0.15, 0.2) is 59.6 Å². The van der Waals surface area contributed by atoms with Crippen LogP contribution in [0.5, 0.6) is 0 Å². The van der Waals surface area contributed by atoms with Gasteiger partial charge in [0, 0.05) is 49.9 Å². The molecule has 0 unspecified atom stereocenters. The van der Waals surface area contributed by atoms with Crippen molar-refractivity contribution >= 4 is 29.8 Å². The number of aliphatic imine (C=N–C) groups is 1. The lowest BCUT2D eigenvalue weighted by molar-refractivity contribution is -0.142. The summed E-state index contributed by atoms with van der Waals surface area (Å²) in [5, 5.41) is 2.52.